The number of rotatable bonds is 3. The first kappa shape index (κ1) is 10.6. The SMILES string of the molecule is Cc1cc(NCc2nccs2)cnc1Br. The van der Waals surface area contributed by atoms with Gasteiger partial charge in [0.15, 0.2) is 0 Å². The first-order chi connectivity index (χ1) is 7.25. The van der Waals surface area contributed by atoms with Crippen LogP contribution >= 0.6 is 27.3 Å². The van der Waals surface area contributed by atoms with Gasteiger partial charge < -0.3 is 5.32 Å². The number of pyridine rings is 1. The average Bonchev–Trinajstić information content (AvgIpc) is 2.73. The first-order valence-electron chi connectivity index (χ1n) is 4.50. The van der Waals surface area contributed by atoms with Gasteiger partial charge in [-0.15, -0.1) is 11.3 Å². The highest BCUT2D eigenvalue weighted by molar-refractivity contribution is 9.10. The third-order valence-corrected chi connectivity index (χ3v) is 3.55. The Balaban J connectivity index is 2.02. The molecule has 0 saturated carbocycles. The van der Waals surface area contributed by atoms with Crippen molar-refractivity contribution >= 4 is 33.0 Å². The van der Waals surface area contributed by atoms with Crippen molar-refractivity contribution in [3.63, 3.8) is 0 Å². The minimum absolute atomic E-state index is 0.750. The Labute approximate surface area is 101 Å². The second-order valence-corrected chi connectivity index (χ2v) is 4.84. The number of thiazole rings is 1. The van der Waals surface area contributed by atoms with Crippen LogP contribution in [0, 0.1) is 6.92 Å². The molecular formula is C10H10BrN3S. The number of hydrogen-bond acceptors (Lipinski definition) is 4. The van der Waals surface area contributed by atoms with E-state index in [9.17, 15) is 0 Å². The Morgan fingerprint density at radius 1 is 1.47 bits per heavy atom. The molecule has 2 aromatic rings. The van der Waals surface area contributed by atoms with Gasteiger partial charge in [-0.3, -0.25) is 0 Å². The van der Waals surface area contributed by atoms with Gasteiger partial charge in [0.25, 0.3) is 0 Å². The molecule has 0 unspecified atom stereocenters. The van der Waals surface area contributed by atoms with E-state index in [0.29, 0.717) is 0 Å². The van der Waals surface area contributed by atoms with Gasteiger partial charge in [0.1, 0.15) is 9.61 Å². The molecule has 0 aliphatic carbocycles. The smallest absolute Gasteiger partial charge is 0.112 e. The van der Waals surface area contributed by atoms with Crippen molar-refractivity contribution in [2.45, 2.75) is 13.5 Å². The molecule has 0 fully saturated rings. The molecule has 2 rings (SSSR count). The fourth-order valence-corrected chi connectivity index (χ4v) is 1.95. The van der Waals surface area contributed by atoms with Gasteiger partial charge in [-0.1, -0.05) is 0 Å². The average molecular weight is 284 g/mol. The highest BCUT2D eigenvalue weighted by Crippen LogP contribution is 2.17. The summed E-state index contributed by atoms with van der Waals surface area (Å²) in [7, 11) is 0. The lowest BCUT2D eigenvalue weighted by atomic mass is 10.3. The number of aromatic nitrogens is 2. The predicted molar refractivity (Wildman–Crippen MR) is 66.1 cm³/mol. The number of nitrogens with one attached hydrogen (secondary N) is 1. The van der Waals surface area contributed by atoms with E-state index < -0.39 is 0 Å². The van der Waals surface area contributed by atoms with Crippen LogP contribution in [-0.2, 0) is 6.54 Å². The third-order valence-electron chi connectivity index (χ3n) is 1.94. The van der Waals surface area contributed by atoms with E-state index in [1.165, 1.54) is 0 Å². The van der Waals surface area contributed by atoms with E-state index in [1.54, 1.807) is 11.3 Å². The van der Waals surface area contributed by atoms with Gasteiger partial charge in [-0.05, 0) is 34.5 Å². The van der Waals surface area contributed by atoms with Gasteiger partial charge in [0, 0.05) is 11.6 Å². The Morgan fingerprint density at radius 2 is 2.33 bits per heavy atom. The van der Waals surface area contributed by atoms with Gasteiger partial charge in [0.05, 0.1) is 18.4 Å². The van der Waals surface area contributed by atoms with Crippen LogP contribution in [0.15, 0.2) is 28.4 Å². The van der Waals surface area contributed by atoms with Crippen molar-refractivity contribution in [2.75, 3.05) is 5.32 Å². The molecule has 2 aromatic heterocycles. The van der Waals surface area contributed by atoms with Crippen molar-refractivity contribution in [3.05, 3.63) is 39.0 Å². The van der Waals surface area contributed by atoms with Gasteiger partial charge in [-0.25, -0.2) is 9.97 Å². The largest absolute Gasteiger partial charge is 0.377 e. The second-order valence-electron chi connectivity index (χ2n) is 3.11. The number of hydrogen-bond donors (Lipinski definition) is 1. The summed E-state index contributed by atoms with van der Waals surface area (Å²) < 4.78 is 0.891. The quantitative estimate of drug-likeness (QED) is 0.879. The Morgan fingerprint density at radius 3 is 3.00 bits per heavy atom. The minimum atomic E-state index is 0.750. The van der Waals surface area contributed by atoms with Crippen molar-refractivity contribution < 1.29 is 0 Å². The van der Waals surface area contributed by atoms with Gasteiger partial charge >= 0.3 is 0 Å². The summed E-state index contributed by atoms with van der Waals surface area (Å²) >= 11 is 5.02. The van der Waals surface area contributed by atoms with Crippen molar-refractivity contribution in [2.24, 2.45) is 0 Å². The van der Waals surface area contributed by atoms with Gasteiger partial charge in [-0.2, -0.15) is 0 Å². The van der Waals surface area contributed by atoms with E-state index in [-0.39, 0.29) is 0 Å². The van der Waals surface area contributed by atoms with Gasteiger partial charge in [0.2, 0.25) is 0 Å². The molecule has 5 heteroatoms. The molecule has 0 saturated heterocycles. The van der Waals surface area contributed by atoms with E-state index >= 15 is 0 Å². The second kappa shape index (κ2) is 4.72. The van der Waals surface area contributed by atoms with Crippen molar-refractivity contribution in [3.8, 4) is 0 Å². The maximum Gasteiger partial charge on any atom is 0.112 e. The molecule has 0 radical (unpaired) electrons. The first-order valence-corrected chi connectivity index (χ1v) is 6.17. The fourth-order valence-electron chi connectivity index (χ4n) is 1.17. The van der Waals surface area contributed by atoms with Crippen LogP contribution in [0.4, 0.5) is 5.69 Å². The Bertz CT molecular complexity index is 442. The van der Waals surface area contributed by atoms with E-state index in [1.807, 2.05) is 24.7 Å². The zero-order valence-corrected chi connectivity index (χ0v) is 10.6. The normalized spacial score (nSPS) is 10.3. The summed E-state index contributed by atoms with van der Waals surface area (Å²) in [6, 6.07) is 2.06. The highest BCUT2D eigenvalue weighted by Gasteiger charge is 1.99. The number of aryl methyl sites for hydroxylation is 1. The van der Waals surface area contributed by atoms with E-state index in [4.69, 9.17) is 0 Å². The van der Waals surface area contributed by atoms with Crippen molar-refractivity contribution in [1.82, 2.24) is 9.97 Å². The van der Waals surface area contributed by atoms with Crippen LogP contribution in [-0.4, -0.2) is 9.97 Å². The third kappa shape index (κ3) is 2.76. The molecule has 0 spiro atoms. The van der Waals surface area contributed by atoms with Crippen LogP contribution in [0.2, 0.25) is 0 Å². The van der Waals surface area contributed by atoms with E-state index in [2.05, 4.69) is 37.3 Å². The minimum Gasteiger partial charge on any atom is -0.377 e. The highest BCUT2D eigenvalue weighted by atomic mass is 79.9. The lowest BCUT2D eigenvalue weighted by Gasteiger charge is -2.05. The van der Waals surface area contributed by atoms with Crippen LogP contribution < -0.4 is 5.32 Å². The molecular weight excluding hydrogens is 274 g/mol. The molecule has 0 bridgehead atoms. The summed E-state index contributed by atoms with van der Waals surface area (Å²) in [5.41, 5.74) is 2.14. The zero-order chi connectivity index (χ0) is 10.7. The molecule has 3 nitrogen and oxygen atoms in total. The summed E-state index contributed by atoms with van der Waals surface area (Å²) in [6.07, 6.45) is 3.62. The number of anilines is 1. The summed E-state index contributed by atoms with van der Waals surface area (Å²) in [5, 5.41) is 6.33. The zero-order valence-electron chi connectivity index (χ0n) is 8.20. The molecule has 0 aromatic carbocycles. The van der Waals surface area contributed by atoms with Crippen LogP contribution in [0.1, 0.15) is 10.6 Å². The predicted octanol–water partition coefficient (Wildman–Crippen LogP) is 3.22. The van der Waals surface area contributed by atoms with Crippen molar-refractivity contribution in [1.29, 1.82) is 0 Å². The number of halogens is 1. The summed E-state index contributed by atoms with van der Waals surface area (Å²) in [6.45, 7) is 2.77. The van der Waals surface area contributed by atoms with Crippen LogP contribution in [0.3, 0.4) is 0 Å². The molecule has 78 valence electrons. The maximum absolute atomic E-state index is 4.22. The molecule has 15 heavy (non-hydrogen) atoms. The molecule has 0 atom stereocenters. The molecule has 2 heterocycles. The lowest BCUT2D eigenvalue weighted by Crippen LogP contribution is -1.99. The van der Waals surface area contributed by atoms with Crippen LogP contribution in [0.25, 0.3) is 0 Å². The van der Waals surface area contributed by atoms with Crippen LogP contribution in [0.5, 0.6) is 0 Å². The molecule has 0 aliphatic heterocycles. The summed E-state index contributed by atoms with van der Waals surface area (Å²) in [4.78, 5) is 8.41. The topological polar surface area (TPSA) is 37.8 Å². The lowest BCUT2D eigenvalue weighted by molar-refractivity contribution is 1.09. The maximum atomic E-state index is 4.22. The molecule has 1 N–H and O–H groups in total. The van der Waals surface area contributed by atoms with E-state index in [0.717, 1.165) is 27.4 Å². The Kier molecular flexibility index (Phi) is 3.33. The molecule has 0 aliphatic rings. The number of nitrogens with zero attached hydrogens (tertiary/aromatic N) is 2. The summed E-state index contributed by atoms with van der Waals surface area (Å²) in [5.74, 6) is 0. The fraction of sp³-hybridized carbons (Fsp3) is 0.200. The monoisotopic (exact) mass is 283 g/mol. The standard InChI is InChI=1S/C10H10BrN3S/c1-7-4-8(5-14-10(7)11)13-6-9-12-2-3-15-9/h2-5,13H,6H2,1H3. The Hall–Kier alpha value is -0.940. The molecule has 0 amide bonds.